The van der Waals surface area contributed by atoms with Crippen molar-refractivity contribution >= 4 is 22.8 Å². The maximum Gasteiger partial charge on any atom is 0.408 e. The first-order valence-corrected chi connectivity index (χ1v) is 9.73. The maximum absolute atomic E-state index is 12.5. The Bertz CT molecular complexity index is 590. The molecule has 140 valence electrons. The minimum atomic E-state index is -1.20. The molecule has 0 fully saturated rings. The molecule has 0 aliphatic heterocycles. The highest BCUT2D eigenvalue weighted by Crippen LogP contribution is 2.08. The molecule has 1 rings (SSSR count). The van der Waals surface area contributed by atoms with E-state index in [2.05, 4.69) is 10.6 Å². The van der Waals surface area contributed by atoms with Gasteiger partial charge in [0.05, 0.1) is 16.9 Å². The minimum absolute atomic E-state index is 0.105. The van der Waals surface area contributed by atoms with Crippen LogP contribution in [0.25, 0.3) is 0 Å². The van der Waals surface area contributed by atoms with E-state index in [0.29, 0.717) is 5.75 Å². The Hall–Kier alpha value is -1.89. The number of alkyl carbamates (subject to hydrolysis) is 1. The van der Waals surface area contributed by atoms with Crippen LogP contribution in [0, 0.1) is 5.92 Å². The quantitative estimate of drug-likeness (QED) is 0.738. The molecule has 2 N–H and O–H groups in total. The Morgan fingerprint density at radius 2 is 1.64 bits per heavy atom. The van der Waals surface area contributed by atoms with Crippen LogP contribution in [0.5, 0.6) is 0 Å². The third-order valence-corrected chi connectivity index (χ3v) is 4.96. The topological polar surface area (TPSA) is 84.5 Å². The van der Waals surface area contributed by atoms with Gasteiger partial charge in [-0.05, 0) is 38.8 Å². The zero-order valence-corrected chi connectivity index (χ0v) is 16.3. The number of hydrogen-bond acceptors (Lipinski definition) is 4. The number of ether oxygens (including phenoxy) is 1. The van der Waals surface area contributed by atoms with Crippen molar-refractivity contribution in [3.05, 3.63) is 30.3 Å². The average molecular weight is 368 g/mol. The summed E-state index contributed by atoms with van der Waals surface area (Å²) in [6.07, 6.45) is -0.882. The van der Waals surface area contributed by atoms with Crippen LogP contribution in [0.4, 0.5) is 4.79 Å². The molecule has 0 radical (unpaired) electrons. The van der Waals surface area contributed by atoms with E-state index in [1.165, 1.54) is 0 Å². The van der Waals surface area contributed by atoms with Gasteiger partial charge in [0, 0.05) is 16.7 Å². The molecule has 0 saturated carbocycles. The molecule has 0 aliphatic rings. The number of benzene rings is 1. The van der Waals surface area contributed by atoms with E-state index in [4.69, 9.17) is 4.74 Å². The van der Waals surface area contributed by atoms with Crippen LogP contribution in [0.3, 0.4) is 0 Å². The third kappa shape index (κ3) is 7.69. The van der Waals surface area contributed by atoms with Crippen LogP contribution in [0.1, 0.15) is 34.6 Å². The van der Waals surface area contributed by atoms with Gasteiger partial charge in [-0.25, -0.2) is 4.79 Å². The van der Waals surface area contributed by atoms with Crippen molar-refractivity contribution in [1.82, 2.24) is 10.6 Å². The number of nitrogens with one attached hydrogen (secondary N) is 2. The number of hydrogen-bond donors (Lipinski definition) is 2. The van der Waals surface area contributed by atoms with Crippen molar-refractivity contribution in [2.45, 2.75) is 57.7 Å². The van der Waals surface area contributed by atoms with Gasteiger partial charge >= 0.3 is 6.09 Å². The second-order valence-corrected chi connectivity index (χ2v) is 8.05. The molecule has 0 spiro atoms. The molecule has 0 aliphatic carbocycles. The Kier molecular flexibility index (Phi) is 8.61. The fourth-order valence-corrected chi connectivity index (χ4v) is 3.37. The second kappa shape index (κ2) is 10.2. The van der Waals surface area contributed by atoms with Crippen LogP contribution in [-0.2, 0) is 20.3 Å². The normalized spacial score (nSPS) is 14.7. The third-order valence-electron chi connectivity index (χ3n) is 3.36. The Labute approximate surface area is 152 Å². The SMILES string of the molecule is CC(CS(=O)c1ccccc1)NC(=O)C(NC(=O)OC(C)C)C(C)C. The van der Waals surface area contributed by atoms with E-state index in [1.807, 2.05) is 32.0 Å². The first-order valence-electron chi connectivity index (χ1n) is 8.41. The first-order chi connectivity index (χ1) is 11.7. The summed E-state index contributed by atoms with van der Waals surface area (Å²) in [5, 5.41) is 5.41. The molecule has 25 heavy (non-hydrogen) atoms. The Morgan fingerprint density at radius 1 is 1.04 bits per heavy atom. The van der Waals surface area contributed by atoms with Crippen molar-refractivity contribution in [2.24, 2.45) is 5.92 Å². The van der Waals surface area contributed by atoms with Crippen LogP contribution in [0.15, 0.2) is 35.2 Å². The van der Waals surface area contributed by atoms with Gasteiger partial charge in [-0.1, -0.05) is 32.0 Å². The Morgan fingerprint density at radius 3 is 2.16 bits per heavy atom. The largest absolute Gasteiger partial charge is 0.447 e. The highest BCUT2D eigenvalue weighted by atomic mass is 32.2. The summed E-state index contributed by atoms with van der Waals surface area (Å²) in [5.74, 6) is -0.114. The smallest absolute Gasteiger partial charge is 0.408 e. The highest BCUT2D eigenvalue weighted by molar-refractivity contribution is 7.85. The summed E-state index contributed by atoms with van der Waals surface area (Å²) < 4.78 is 17.3. The molecule has 1 aromatic rings. The van der Waals surface area contributed by atoms with Crippen molar-refractivity contribution < 1.29 is 18.5 Å². The first kappa shape index (κ1) is 21.2. The van der Waals surface area contributed by atoms with Crippen molar-refractivity contribution in [3.8, 4) is 0 Å². The second-order valence-electron chi connectivity index (χ2n) is 6.55. The molecule has 0 saturated heterocycles. The molecule has 7 heteroatoms. The van der Waals surface area contributed by atoms with Gasteiger partial charge in [0.25, 0.3) is 0 Å². The predicted molar refractivity (Wildman–Crippen MR) is 98.7 cm³/mol. The van der Waals surface area contributed by atoms with Gasteiger partial charge in [0.1, 0.15) is 6.04 Å². The summed E-state index contributed by atoms with van der Waals surface area (Å²) in [4.78, 5) is 24.9. The fraction of sp³-hybridized carbons (Fsp3) is 0.556. The lowest BCUT2D eigenvalue weighted by Crippen LogP contribution is -2.52. The molecule has 2 amide bonds. The van der Waals surface area contributed by atoms with E-state index in [1.54, 1.807) is 32.9 Å². The summed E-state index contributed by atoms with van der Waals surface area (Å²) in [6, 6.07) is 8.11. The van der Waals surface area contributed by atoms with Gasteiger partial charge in [0.2, 0.25) is 5.91 Å². The molecular formula is C18H28N2O4S. The van der Waals surface area contributed by atoms with Crippen LogP contribution in [0.2, 0.25) is 0 Å². The molecule has 0 heterocycles. The molecule has 3 atom stereocenters. The number of amides is 2. The maximum atomic E-state index is 12.5. The van der Waals surface area contributed by atoms with E-state index in [9.17, 15) is 13.8 Å². The molecule has 1 aromatic carbocycles. The lowest BCUT2D eigenvalue weighted by atomic mass is 10.0. The monoisotopic (exact) mass is 368 g/mol. The van der Waals surface area contributed by atoms with E-state index < -0.39 is 22.9 Å². The van der Waals surface area contributed by atoms with Crippen LogP contribution < -0.4 is 10.6 Å². The lowest BCUT2D eigenvalue weighted by molar-refractivity contribution is -0.124. The summed E-state index contributed by atoms with van der Waals surface area (Å²) in [6.45, 7) is 8.96. The molecule has 6 nitrogen and oxygen atoms in total. The summed E-state index contributed by atoms with van der Waals surface area (Å²) in [5.41, 5.74) is 0. The summed E-state index contributed by atoms with van der Waals surface area (Å²) in [7, 11) is -1.20. The van der Waals surface area contributed by atoms with Crippen LogP contribution in [-0.4, -0.2) is 40.1 Å². The van der Waals surface area contributed by atoms with Crippen molar-refractivity contribution in [3.63, 3.8) is 0 Å². The zero-order chi connectivity index (χ0) is 19.0. The van der Waals surface area contributed by atoms with Crippen LogP contribution >= 0.6 is 0 Å². The standard InChI is InChI=1S/C18H28N2O4S/c1-12(2)16(20-18(22)24-13(3)4)17(21)19-14(5)11-25(23)15-9-7-6-8-10-15/h6-10,12-14,16H,11H2,1-5H3,(H,19,21)(H,20,22). The van der Waals surface area contributed by atoms with Crippen molar-refractivity contribution in [2.75, 3.05) is 5.75 Å². The number of carbonyl (C=O) groups excluding carboxylic acids is 2. The zero-order valence-electron chi connectivity index (χ0n) is 15.4. The molecular weight excluding hydrogens is 340 g/mol. The van der Waals surface area contributed by atoms with E-state index in [-0.39, 0.29) is 24.0 Å². The minimum Gasteiger partial charge on any atom is -0.447 e. The van der Waals surface area contributed by atoms with Gasteiger partial charge in [0.15, 0.2) is 0 Å². The fourth-order valence-electron chi connectivity index (χ4n) is 2.18. The number of carbonyl (C=O) groups is 2. The van der Waals surface area contributed by atoms with Gasteiger partial charge in [-0.2, -0.15) is 0 Å². The van der Waals surface area contributed by atoms with Gasteiger partial charge in [-0.3, -0.25) is 9.00 Å². The van der Waals surface area contributed by atoms with E-state index in [0.717, 1.165) is 4.90 Å². The predicted octanol–water partition coefficient (Wildman–Crippen LogP) is 2.46. The lowest BCUT2D eigenvalue weighted by Gasteiger charge is -2.24. The number of rotatable bonds is 8. The Balaban J connectivity index is 2.60. The molecule has 0 bridgehead atoms. The summed E-state index contributed by atoms with van der Waals surface area (Å²) >= 11 is 0. The van der Waals surface area contributed by atoms with Gasteiger partial charge in [-0.15, -0.1) is 0 Å². The van der Waals surface area contributed by atoms with Crippen molar-refractivity contribution in [1.29, 1.82) is 0 Å². The molecule has 3 unspecified atom stereocenters. The highest BCUT2D eigenvalue weighted by Gasteiger charge is 2.26. The average Bonchev–Trinajstić information content (AvgIpc) is 2.52. The molecule has 0 aromatic heterocycles. The van der Waals surface area contributed by atoms with E-state index >= 15 is 0 Å². The van der Waals surface area contributed by atoms with Gasteiger partial charge < -0.3 is 15.4 Å².